The molecule has 0 saturated carbocycles. The van der Waals surface area contributed by atoms with Gasteiger partial charge in [0, 0.05) is 38.5 Å². The molecular weight excluding hydrogens is 344 g/mol. The van der Waals surface area contributed by atoms with Crippen LogP contribution in [0.5, 0.6) is 0 Å². The number of nitrogens with one attached hydrogen (secondary N) is 2. The highest BCUT2D eigenvalue weighted by atomic mass is 16.2. The maximum atomic E-state index is 12.2. The molecule has 8 heteroatoms. The van der Waals surface area contributed by atoms with Gasteiger partial charge in [-0.05, 0) is 18.1 Å². The summed E-state index contributed by atoms with van der Waals surface area (Å²) >= 11 is 0. The van der Waals surface area contributed by atoms with Crippen molar-refractivity contribution in [2.24, 2.45) is 7.05 Å². The number of carbonyl (C=O) groups excluding carboxylic acids is 2. The van der Waals surface area contributed by atoms with E-state index in [0.717, 1.165) is 5.56 Å². The van der Waals surface area contributed by atoms with E-state index in [2.05, 4.69) is 20.8 Å². The van der Waals surface area contributed by atoms with E-state index < -0.39 is 0 Å². The largest absolute Gasteiger partial charge is 0.349 e. The summed E-state index contributed by atoms with van der Waals surface area (Å²) in [5.41, 5.74) is 1.37. The Labute approximate surface area is 157 Å². The van der Waals surface area contributed by atoms with E-state index in [1.807, 2.05) is 42.6 Å². The zero-order valence-electron chi connectivity index (χ0n) is 15.1. The Hall–Kier alpha value is -3.42. The molecule has 0 saturated heterocycles. The van der Waals surface area contributed by atoms with Crippen LogP contribution in [-0.4, -0.2) is 37.9 Å². The van der Waals surface area contributed by atoms with Crippen molar-refractivity contribution in [3.8, 4) is 0 Å². The summed E-state index contributed by atoms with van der Waals surface area (Å²) in [7, 11) is 1.69. The van der Waals surface area contributed by atoms with Crippen LogP contribution in [-0.2, 0) is 24.8 Å². The minimum Gasteiger partial charge on any atom is -0.349 e. The fourth-order valence-corrected chi connectivity index (χ4v) is 2.61. The molecule has 0 bridgehead atoms. The molecule has 8 nitrogen and oxygen atoms in total. The normalized spacial score (nSPS) is 10.6. The molecule has 0 aliphatic rings. The van der Waals surface area contributed by atoms with Crippen LogP contribution in [0.25, 0.3) is 0 Å². The van der Waals surface area contributed by atoms with Gasteiger partial charge in [-0.15, -0.1) is 0 Å². The van der Waals surface area contributed by atoms with E-state index in [1.54, 1.807) is 24.0 Å². The molecule has 27 heavy (non-hydrogen) atoms. The van der Waals surface area contributed by atoms with Gasteiger partial charge >= 0.3 is 0 Å². The first-order valence-corrected chi connectivity index (χ1v) is 8.75. The Morgan fingerprint density at radius 3 is 2.70 bits per heavy atom. The van der Waals surface area contributed by atoms with Gasteiger partial charge < -0.3 is 10.6 Å². The molecule has 0 aliphatic heterocycles. The van der Waals surface area contributed by atoms with Crippen LogP contribution >= 0.6 is 0 Å². The highest BCUT2D eigenvalue weighted by Gasteiger charge is 2.14. The number of rotatable bonds is 8. The molecule has 140 valence electrons. The molecule has 0 radical (unpaired) electrons. The predicted molar refractivity (Wildman–Crippen MR) is 101 cm³/mol. The van der Waals surface area contributed by atoms with Crippen molar-refractivity contribution in [2.75, 3.05) is 11.9 Å². The number of hydrogen-bond donors (Lipinski definition) is 2. The Morgan fingerprint density at radius 2 is 1.96 bits per heavy atom. The highest BCUT2D eigenvalue weighted by molar-refractivity contribution is 5.95. The van der Waals surface area contributed by atoms with E-state index in [9.17, 15) is 9.59 Å². The lowest BCUT2D eigenvalue weighted by Gasteiger charge is -2.05. The highest BCUT2D eigenvalue weighted by Crippen LogP contribution is 2.10. The third-order valence-electron chi connectivity index (χ3n) is 4.05. The zero-order chi connectivity index (χ0) is 19.1. The van der Waals surface area contributed by atoms with Crippen LogP contribution < -0.4 is 10.6 Å². The van der Waals surface area contributed by atoms with Gasteiger partial charge in [-0.3, -0.25) is 19.0 Å². The lowest BCUT2D eigenvalue weighted by Crippen LogP contribution is -2.27. The maximum Gasteiger partial charge on any atom is 0.271 e. The van der Waals surface area contributed by atoms with E-state index >= 15 is 0 Å². The summed E-state index contributed by atoms with van der Waals surface area (Å²) < 4.78 is 3.22. The van der Waals surface area contributed by atoms with Gasteiger partial charge in [-0.25, -0.2) is 0 Å². The van der Waals surface area contributed by atoms with E-state index in [1.165, 1.54) is 4.68 Å². The van der Waals surface area contributed by atoms with Crippen molar-refractivity contribution in [1.29, 1.82) is 0 Å². The van der Waals surface area contributed by atoms with Crippen LogP contribution in [0.15, 0.2) is 54.9 Å². The molecule has 2 amide bonds. The lowest BCUT2D eigenvalue weighted by atomic mass is 10.1. The number of anilines is 1. The molecule has 0 unspecified atom stereocenters. The summed E-state index contributed by atoms with van der Waals surface area (Å²) in [5.74, 6) is 0.0836. The number of aryl methyl sites for hydroxylation is 2. The Balaban J connectivity index is 1.49. The molecule has 1 aromatic carbocycles. The summed E-state index contributed by atoms with van der Waals surface area (Å²) in [6, 6.07) is 13.2. The monoisotopic (exact) mass is 366 g/mol. The van der Waals surface area contributed by atoms with Gasteiger partial charge in [0.1, 0.15) is 5.82 Å². The maximum absolute atomic E-state index is 12.2. The van der Waals surface area contributed by atoms with Gasteiger partial charge in [-0.1, -0.05) is 30.3 Å². The minimum atomic E-state index is -0.289. The standard InChI is InChI=1S/C19H22N6O2/c1-24-17(22-18(26)9-8-15-6-3-2-4-7-15)14-16(23-24)19(27)20-11-13-25-12-5-10-21-25/h2-7,10,12,14H,8-9,11,13H2,1H3,(H,20,27)(H,22,26). The smallest absolute Gasteiger partial charge is 0.271 e. The van der Waals surface area contributed by atoms with Crippen LogP contribution in [0.1, 0.15) is 22.5 Å². The first-order chi connectivity index (χ1) is 13.1. The molecule has 0 fully saturated rings. The van der Waals surface area contributed by atoms with Gasteiger partial charge in [0.25, 0.3) is 5.91 Å². The van der Waals surface area contributed by atoms with Gasteiger partial charge in [0.15, 0.2) is 5.69 Å². The Morgan fingerprint density at radius 1 is 1.15 bits per heavy atom. The molecule has 0 atom stereocenters. The van der Waals surface area contributed by atoms with Crippen LogP contribution in [0.4, 0.5) is 5.82 Å². The average Bonchev–Trinajstić information content (AvgIpc) is 3.31. The minimum absolute atomic E-state index is 0.118. The number of aromatic nitrogens is 4. The summed E-state index contributed by atoms with van der Waals surface area (Å²) in [6.45, 7) is 1.02. The molecule has 3 aromatic rings. The SMILES string of the molecule is Cn1nc(C(=O)NCCn2cccn2)cc1NC(=O)CCc1ccccc1. The molecule has 0 aliphatic carbocycles. The van der Waals surface area contributed by atoms with Crippen molar-refractivity contribution in [3.05, 3.63) is 66.1 Å². The molecule has 2 N–H and O–H groups in total. The van der Waals surface area contributed by atoms with Crippen LogP contribution in [0, 0.1) is 0 Å². The topological polar surface area (TPSA) is 93.8 Å². The fraction of sp³-hybridized carbons (Fsp3) is 0.263. The van der Waals surface area contributed by atoms with Crippen molar-refractivity contribution in [3.63, 3.8) is 0 Å². The number of amides is 2. The molecular formula is C19H22N6O2. The second kappa shape index (κ2) is 8.79. The summed E-state index contributed by atoms with van der Waals surface area (Å²) in [6.07, 6.45) is 4.54. The molecule has 3 rings (SSSR count). The van der Waals surface area contributed by atoms with Gasteiger partial charge in [0.2, 0.25) is 5.91 Å². The predicted octanol–water partition coefficient (Wildman–Crippen LogP) is 1.62. The second-order valence-corrected chi connectivity index (χ2v) is 6.10. The average molecular weight is 366 g/mol. The van der Waals surface area contributed by atoms with Crippen LogP contribution in [0.3, 0.4) is 0 Å². The van der Waals surface area contributed by atoms with Gasteiger partial charge in [-0.2, -0.15) is 10.2 Å². The van der Waals surface area contributed by atoms with Crippen LogP contribution in [0.2, 0.25) is 0 Å². The number of carbonyl (C=O) groups is 2. The number of hydrogen-bond acceptors (Lipinski definition) is 4. The first-order valence-electron chi connectivity index (χ1n) is 8.75. The van der Waals surface area contributed by atoms with E-state index in [0.29, 0.717) is 31.7 Å². The quantitative estimate of drug-likeness (QED) is 0.633. The lowest BCUT2D eigenvalue weighted by molar-refractivity contribution is -0.116. The van der Waals surface area contributed by atoms with E-state index in [4.69, 9.17) is 0 Å². The van der Waals surface area contributed by atoms with E-state index in [-0.39, 0.29) is 17.5 Å². The Kier molecular flexibility index (Phi) is 5.98. The van der Waals surface area contributed by atoms with Crippen molar-refractivity contribution in [2.45, 2.75) is 19.4 Å². The molecule has 0 spiro atoms. The van der Waals surface area contributed by atoms with Crippen molar-refractivity contribution >= 4 is 17.6 Å². The van der Waals surface area contributed by atoms with Gasteiger partial charge in [0.05, 0.1) is 6.54 Å². The number of nitrogens with zero attached hydrogens (tertiary/aromatic N) is 4. The fourth-order valence-electron chi connectivity index (χ4n) is 2.61. The third-order valence-corrected chi connectivity index (χ3v) is 4.05. The molecule has 2 aromatic heterocycles. The zero-order valence-corrected chi connectivity index (χ0v) is 15.1. The second-order valence-electron chi connectivity index (χ2n) is 6.10. The van der Waals surface area contributed by atoms with Crippen molar-refractivity contribution in [1.82, 2.24) is 24.9 Å². The first kappa shape index (κ1) is 18.4. The van der Waals surface area contributed by atoms with Crippen molar-refractivity contribution < 1.29 is 9.59 Å². The summed E-state index contributed by atoms with van der Waals surface area (Å²) in [4.78, 5) is 24.4. The Bertz CT molecular complexity index is 886. The molecule has 2 heterocycles. The number of benzene rings is 1. The summed E-state index contributed by atoms with van der Waals surface area (Å²) in [5, 5.41) is 13.8. The third kappa shape index (κ3) is 5.27.